The second-order valence-electron chi connectivity index (χ2n) is 2.87. The van der Waals surface area contributed by atoms with E-state index in [-0.39, 0.29) is 5.75 Å². The lowest BCUT2D eigenvalue weighted by Crippen LogP contribution is -1.75. The maximum absolute atomic E-state index is 9.41. The summed E-state index contributed by atoms with van der Waals surface area (Å²) in [5.41, 5.74) is 0. The van der Waals surface area contributed by atoms with E-state index in [2.05, 4.69) is 25.3 Å². The summed E-state index contributed by atoms with van der Waals surface area (Å²) in [5, 5.41) is 11.4. The maximum Gasteiger partial charge on any atom is 0.129 e. The minimum atomic E-state index is 0.203. The first-order valence-corrected chi connectivity index (χ1v) is 4.71. The third kappa shape index (κ3) is 1.62. The topological polar surface area (TPSA) is 20.2 Å². The lowest BCUT2D eigenvalue weighted by molar-refractivity contribution is 0.464. The van der Waals surface area contributed by atoms with Gasteiger partial charge in [0.05, 0.1) is 0 Å². The van der Waals surface area contributed by atoms with Gasteiger partial charge in [0.15, 0.2) is 0 Å². The summed E-state index contributed by atoms with van der Waals surface area (Å²) in [7, 11) is 0. The number of rotatable bonds is 0. The summed E-state index contributed by atoms with van der Waals surface area (Å²) in [6, 6.07) is 9.30. The molecule has 0 amide bonds. The second kappa shape index (κ2) is 3.16. The number of aromatic hydroxyl groups is 1. The van der Waals surface area contributed by atoms with Gasteiger partial charge in [0, 0.05) is 9.79 Å². The molecule has 3 heteroatoms. The lowest BCUT2D eigenvalue weighted by Gasteiger charge is -2.02. The van der Waals surface area contributed by atoms with Gasteiger partial charge in [-0.05, 0) is 35.0 Å². The number of phenolic OH excluding ortho intramolecular Hbond substituents is 1. The highest BCUT2D eigenvalue weighted by atomic mass is 32.1. The van der Waals surface area contributed by atoms with Crippen LogP contribution >= 0.6 is 25.3 Å². The quantitative estimate of drug-likeness (QED) is 0.568. The van der Waals surface area contributed by atoms with E-state index in [0.717, 1.165) is 15.7 Å². The molecule has 0 spiro atoms. The monoisotopic (exact) mass is 208 g/mol. The molecule has 2 rings (SSSR count). The zero-order valence-corrected chi connectivity index (χ0v) is 8.52. The van der Waals surface area contributed by atoms with Gasteiger partial charge >= 0.3 is 0 Å². The first-order chi connectivity index (χ1) is 6.16. The van der Waals surface area contributed by atoms with Crippen LogP contribution in [0.1, 0.15) is 0 Å². The molecule has 0 unspecified atom stereocenters. The molecule has 0 bridgehead atoms. The van der Waals surface area contributed by atoms with Crippen molar-refractivity contribution in [1.29, 1.82) is 0 Å². The SMILES string of the molecule is Oc1cc2cc(S)ccc2cc1S. The van der Waals surface area contributed by atoms with Crippen molar-refractivity contribution in [2.24, 2.45) is 0 Å². The second-order valence-corrected chi connectivity index (χ2v) is 3.87. The Bertz CT molecular complexity index is 466. The highest BCUT2D eigenvalue weighted by Gasteiger charge is 2.00. The van der Waals surface area contributed by atoms with Crippen LogP contribution in [0.4, 0.5) is 0 Å². The average molecular weight is 208 g/mol. The normalized spacial score (nSPS) is 10.6. The Morgan fingerprint density at radius 1 is 0.923 bits per heavy atom. The average Bonchev–Trinajstić information content (AvgIpc) is 2.08. The lowest BCUT2D eigenvalue weighted by atomic mass is 10.1. The highest BCUT2D eigenvalue weighted by molar-refractivity contribution is 7.80. The Balaban J connectivity index is 2.81. The third-order valence-corrected chi connectivity index (χ3v) is 2.55. The van der Waals surface area contributed by atoms with E-state index in [0.29, 0.717) is 4.90 Å². The van der Waals surface area contributed by atoms with Crippen LogP contribution < -0.4 is 0 Å². The molecule has 0 aromatic heterocycles. The molecule has 0 atom stereocenters. The van der Waals surface area contributed by atoms with Crippen LogP contribution in [0.25, 0.3) is 10.8 Å². The number of hydrogen-bond donors (Lipinski definition) is 3. The molecule has 0 saturated carbocycles. The standard InChI is InChI=1S/C10H8OS2/c11-9-4-7-3-8(12)2-1-6(7)5-10(9)13/h1-5,11-13H. The van der Waals surface area contributed by atoms with Crippen molar-refractivity contribution in [2.75, 3.05) is 0 Å². The van der Waals surface area contributed by atoms with E-state index in [1.54, 1.807) is 6.07 Å². The largest absolute Gasteiger partial charge is 0.507 e. The number of benzene rings is 2. The summed E-state index contributed by atoms with van der Waals surface area (Å²) >= 11 is 8.35. The van der Waals surface area contributed by atoms with Crippen LogP contribution in [-0.2, 0) is 0 Å². The molecule has 2 aromatic rings. The molecule has 1 N–H and O–H groups in total. The molecule has 13 heavy (non-hydrogen) atoms. The molecule has 0 fully saturated rings. The van der Waals surface area contributed by atoms with Gasteiger partial charge in [0.2, 0.25) is 0 Å². The Kier molecular flexibility index (Phi) is 2.14. The van der Waals surface area contributed by atoms with Crippen molar-refractivity contribution in [3.05, 3.63) is 30.3 Å². The molecule has 66 valence electrons. The minimum Gasteiger partial charge on any atom is -0.507 e. The summed E-state index contributed by atoms with van der Waals surface area (Å²) in [6.45, 7) is 0. The maximum atomic E-state index is 9.41. The Labute approximate surface area is 87.2 Å². The van der Waals surface area contributed by atoms with Crippen LogP contribution in [0.3, 0.4) is 0 Å². The number of fused-ring (bicyclic) bond motifs is 1. The number of thiol groups is 2. The van der Waals surface area contributed by atoms with Gasteiger partial charge in [-0.1, -0.05) is 6.07 Å². The van der Waals surface area contributed by atoms with E-state index >= 15 is 0 Å². The van der Waals surface area contributed by atoms with Crippen LogP contribution in [0.15, 0.2) is 40.1 Å². The summed E-state index contributed by atoms with van der Waals surface area (Å²) in [4.78, 5) is 1.48. The summed E-state index contributed by atoms with van der Waals surface area (Å²) in [5.74, 6) is 0.203. The Morgan fingerprint density at radius 2 is 1.69 bits per heavy atom. The number of hydrogen-bond acceptors (Lipinski definition) is 3. The fraction of sp³-hybridized carbons (Fsp3) is 0. The molecular weight excluding hydrogens is 200 g/mol. The van der Waals surface area contributed by atoms with Crippen LogP contribution in [-0.4, -0.2) is 5.11 Å². The van der Waals surface area contributed by atoms with Crippen molar-refractivity contribution >= 4 is 36.0 Å². The van der Waals surface area contributed by atoms with Gasteiger partial charge in [-0.3, -0.25) is 0 Å². The molecule has 0 heterocycles. The van der Waals surface area contributed by atoms with Gasteiger partial charge in [-0.2, -0.15) is 0 Å². The smallest absolute Gasteiger partial charge is 0.129 e. The van der Waals surface area contributed by atoms with Crippen molar-refractivity contribution in [1.82, 2.24) is 0 Å². The molecule has 0 aliphatic carbocycles. The van der Waals surface area contributed by atoms with Crippen LogP contribution in [0.5, 0.6) is 5.75 Å². The van der Waals surface area contributed by atoms with Crippen LogP contribution in [0.2, 0.25) is 0 Å². The summed E-state index contributed by atoms with van der Waals surface area (Å²) in [6.07, 6.45) is 0. The zero-order chi connectivity index (χ0) is 9.42. The predicted molar refractivity (Wildman–Crippen MR) is 60.1 cm³/mol. The molecule has 0 radical (unpaired) electrons. The van der Waals surface area contributed by atoms with Gasteiger partial charge in [-0.15, -0.1) is 25.3 Å². The fourth-order valence-corrected chi connectivity index (χ4v) is 1.68. The van der Waals surface area contributed by atoms with E-state index in [9.17, 15) is 5.11 Å². The van der Waals surface area contributed by atoms with E-state index < -0.39 is 0 Å². The zero-order valence-electron chi connectivity index (χ0n) is 6.73. The van der Waals surface area contributed by atoms with Gasteiger partial charge in [-0.25, -0.2) is 0 Å². The van der Waals surface area contributed by atoms with Crippen LogP contribution in [0, 0.1) is 0 Å². The molecular formula is C10H8OS2. The molecule has 0 saturated heterocycles. The van der Waals surface area contributed by atoms with Crippen molar-refractivity contribution in [3.63, 3.8) is 0 Å². The number of phenols is 1. The van der Waals surface area contributed by atoms with Gasteiger partial charge in [0.25, 0.3) is 0 Å². The van der Waals surface area contributed by atoms with Crippen molar-refractivity contribution in [2.45, 2.75) is 9.79 Å². The highest BCUT2D eigenvalue weighted by Crippen LogP contribution is 2.28. The van der Waals surface area contributed by atoms with Gasteiger partial charge in [0.1, 0.15) is 5.75 Å². The van der Waals surface area contributed by atoms with Crippen molar-refractivity contribution < 1.29 is 5.11 Å². The van der Waals surface area contributed by atoms with E-state index in [1.165, 1.54) is 0 Å². The fourth-order valence-electron chi connectivity index (χ4n) is 1.26. The molecule has 0 aliphatic heterocycles. The summed E-state index contributed by atoms with van der Waals surface area (Å²) < 4.78 is 0. The third-order valence-electron chi connectivity index (χ3n) is 1.92. The first kappa shape index (κ1) is 8.78. The molecule has 2 aromatic carbocycles. The van der Waals surface area contributed by atoms with Crippen molar-refractivity contribution in [3.8, 4) is 5.75 Å². The Morgan fingerprint density at radius 3 is 2.46 bits per heavy atom. The van der Waals surface area contributed by atoms with E-state index in [4.69, 9.17) is 0 Å². The van der Waals surface area contributed by atoms with Gasteiger partial charge < -0.3 is 5.11 Å². The first-order valence-electron chi connectivity index (χ1n) is 3.81. The predicted octanol–water partition coefficient (Wildman–Crippen LogP) is 3.12. The Hall–Kier alpha value is -0.800. The molecule has 0 aliphatic rings. The van der Waals surface area contributed by atoms with E-state index in [1.807, 2.05) is 24.3 Å². The molecule has 1 nitrogen and oxygen atoms in total. The minimum absolute atomic E-state index is 0.203.